The van der Waals surface area contributed by atoms with Gasteiger partial charge < -0.3 is 10.6 Å². The van der Waals surface area contributed by atoms with Gasteiger partial charge in [-0.3, -0.25) is 9.59 Å². The highest BCUT2D eigenvalue weighted by Crippen LogP contribution is 2.10. The number of carbonyl (C=O) groups is 2. The van der Waals surface area contributed by atoms with Gasteiger partial charge in [-0.25, -0.2) is 0 Å². The molecule has 2 N–H and O–H groups in total. The molecule has 26 heavy (non-hydrogen) atoms. The fourth-order valence-corrected chi connectivity index (χ4v) is 2.76. The summed E-state index contributed by atoms with van der Waals surface area (Å²) in [4.78, 5) is 25.0. The summed E-state index contributed by atoms with van der Waals surface area (Å²) in [6.07, 6.45) is 0.708. The number of benzene rings is 2. The third kappa shape index (κ3) is 5.88. The SMILES string of the molecule is Cc1cccc(C(=O)N[C@@H](C(=O)NCCc2ccc(Cl)cc2)C(C)C)c1. The van der Waals surface area contributed by atoms with Crippen LogP contribution in [0.4, 0.5) is 0 Å². The molecule has 0 radical (unpaired) electrons. The van der Waals surface area contributed by atoms with Crippen LogP contribution in [-0.4, -0.2) is 24.4 Å². The average Bonchev–Trinajstić information content (AvgIpc) is 2.60. The summed E-state index contributed by atoms with van der Waals surface area (Å²) in [5.74, 6) is -0.422. The van der Waals surface area contributed by atoms with Crippen LogP contribution in [0.5, 0.6) is 0 Å². The van der Waals surface area contributed by atoms with Gasteiger partial charge in [0.05, 0.1) is 0 Å². The summed E-state index contributed by atoms with van der Waals surface area (Å²) in [6, 6.07) is 14.3. The number of aryl methyl sites for hydroxylation is 1. The second kappa shape index (κ2) is 9.39. The molecular formula is C21H25ClN2O2. The number of amides is 2. The fraction of sp³-hybridized carbons (Fsp3) is 0.333. The molecule has 2 rings (SSSR count). The molecule has 0 aliphatic heterocycles. The molecule has 4 nitrogen and oxygen atoms in total. The molecule has 0 aromatic heterocycles. The number of hydrogen-bond donors (Lipinski definition) is 2. The van der Waals surface area contributed by atoms with Gasteiger partial charge in [-0.2, -0.15) is 0 Å². The smallest absolute Gasteiger partial charge is 0.251 e. The zero-order valence-corrected chi connectivity index (χ0v) is 16.1. The van der Waals surface area contributed by atoms with Gasteiger partial charge in [0.15, 0.2) is 0 Å². The van der Waals surface area contributed by atoms with Crippen LogP contribution in [0.2, 0.25) is 5.02 Å². The van der Waals surface area contributed by atoms with E-state index < -0.39 is 6.04 Å². The van der Waals surface area contributed by atoms with Gasteiger partial charge in [0.2, 0.25) is 5.91 Å². The highest BCUT2D eigenvalue weighted by molar-refractivity contribution is 6.30. The Bertz CT molecular complexity index is 757. The summed E-state index contributed by atoms with van der Waals surface area (Å²) < 4.78 is 0. The lowest BCUT2D eigenvalue weighted by molar-refractivity contribution is -0.123. The first-order valence-corrected chi connectivity index (χ1v) is 9.14. The Balaban J connectivity index is 1.92. The van der Waals surface area contributed by atoms with Gasteiger partial charge >= 0.3 is 0 Å². The van der Waals surface area contributed by atoms with Gasteiger partial charge in [0.1, 0.15) is 6.04 Å². The Morgan fingerprint density at radius 3 is 2.38 bits per heavy atom. The molecule has 5 heteroatoms. The van der Waals surface area contributed by atoms with Crippen molar-refractivity contribution in [2.45, 2.75) is 33.2 Å². The average molecular weight is 373 g/mol. The minimum Gasteiger partial charge on any atom is -0.354 e. The molecule has 2 amide bonds. The summed E-state index contributed by atoms with van der Waals surface area (Å²) >= 11 is 5.87. The van der Waals surface area contributed by atoms with Crippen molar-refractivity contribution in [3.05, 3.63) is 70.2 Å². The highest BCUT2D eigenvalue weighted by Gasteiger charge is 2.24. The number of halogens is 1. The molecule has 2 aromatic carbocycles. The van der Waals surface area contributed by atoms with Gasteiger partial charge in [-0.1, -0.05) is 55.3 Å². The van der Waals surface area contributed by atoms with Crippen LogP contribution < -0.4 is 10.6 Å². The summed E-state index contributed by atoms with van der Waals surface area (Å²) in [7, 11) is 0. The lowest BCUT2D eigenvalue weighted by Gasteiger charge is -2.22. The molecule has 0 fully saturated rings. The van der Waals surface area contributed by atoms with Crippen LogP contribution in [0.25, 0.3) is 0 Å². The number of rotatable bonds is 7. The molecule has 0 spiro atoms. The Kier molecular flexibility index (Phi) is 7.22. The lowest BCUT2D eigenvalue weighted by atomic mass is 10.0. The van der Waals surface area contributed by atoms with Crippen molar-refractivity contribution in [1.82, 2.24) is 10.6 Å². The zero-order chi connectivity index (χ0) is 19.1. The number of nitrogens with one attached hydrogen (secondary N) is 2. The number of carbonyl (C=O) groups excluding carboxylic acids is 2. The Morgan fingerprint density at radius 1 is 1.08 bits per heavy atom. The molecule has 0 saturated heterocycles. The van der Waals surface area contributed by atoms with E-state index in [2.05, 4.69) is 10.6 Å². The quantitative estimate of drug-likeness (QED) is 0.777. The van der Waals surface area contributed by atoms with Gasteiger partial charge in [-0.15, -0.1) is 0 Å². The first kappa shape index (κ1) is 20.0. The molecule has 0 saturated carbocycles. The maximum absolute atomic E-state index is 12.5. The maximum Gasteiger partial charge on any atom is 0.251 e. The second-order valence-electron chi connectivity index (χ2n) is 6.73. The highest BCUT2D eigenvalue weighted by atomic mass is 35.5. The van der Waals surface area contributed by atoms with Crippen LogP contribution in [0.15, 0.2) is 48.5 Å². The molecule has 2 aromatic rings. The van der Waals surface area contributed by atoms with Crippen molar-refractivity contribution < 1.29 is 9.59 Å². The monoisotopic (exact) mass is 372 g/mol. The van der Waals surface area contributed by atoms with Crippen LogP contribution in [0, 0.1) is 12.8 Å². The van der Waals surface area contributed by atoms with E-state index in [0.717, 1.165) is 11.1 Å². The molecule has 0 bridgehead atoms. The second-order valence-corrected chi connectivity index (χ2v) is 7.17. The third-order valence-electron chi connectivity index (χ3n) is 4.14. The predicted molar refractivity (Wildman–Crippen MR) is 105 cm³/mol. The molecule has 0 aliphatic rings. The Labute approximate surface area is 159 Å². The van der Waals surface area contributed by atoms with E-state index >= 15 is 0 Å². The van der Waals surface area contributed by atoms with Crippen molar-refractivity contribution in [1.29, 1.82) is 0 Å². The van der Waals surface area contributed by atoms with Crippen molar-refractivity contribution in [3.63, 3.8) is 0 Å². The van der Waals surface area contributed by atoms with E-state index in [1.54, 1.807) is 6.07 Å². The Morgan fingerprint density at radius 2 is 1.77 bits per heavy atom. The van der Waals surface area contributed by atoms with Crippen molar-refractivity contribution in [3.8, 4) is 0 Å². The van der Waals surface area contributed by atoms with E-state index in [1.807, 2.05) is 63.2 Å². The molecule has 0 unspecified atom stereocenters. The largest absolute Gasteiger partial charge is 0.354 e. The fourth-order valence-electron chi connectivity index (χ4n) is 2.64. The van der Waals surface area contributed by atoms with Crippen LogP contribution in [0.1, 0.15) is 35.3 Å². The van der Waals surface area contributed by atoms with E-state index in [0.29, 0.717) is 23.6 Å². The molecule has 0 aliphatic carbocycles. The molecular weight excluding hydrogens is 348 g/mol. The van der Waals surface area contributed by atoms with Gasteiger partial charge in [0.25, 0.3) is 5.91 Å². The summed E-state index contributed by atoms with van der Waals surface area (Å²) in [5.41, 5.74) is 2.66. The summed E-state index contributed by atoms with van der Waals surface area (Å²) in [5, 5.41) is 6.45. The van der Waals surface area contributed by atoms with Crippen LogP contribution in [-0.2, 0) is 11.2 Å². The zero-order valence-electron chi connectivity index (χ0n) is 15.4. The maximum atomic E-state index is 12.5. The topological polar surface area (TPSA) is 58.2 Å². The minimum absolute atomic E-state index is 0.0145. The molecule has 1 atom stereocenters. The molecule has 0 heterocycles. The number of hydrogen-bond acceptors (Lipinski definition) is 2. The first-order valence-electron chi connectivity index (χ1n) is 8.76. The Hall–Kier alpha value is -2.33. The standard InChI is InChI=1S/C21H25ClN2O2/c1-14(2)19(24-20(25)17-6-4-5-15(3)13-17)21(26)23-12-11-16-7-9-18(22)10-8-16/h4-10,13-14,19H,11-12H2,1-3H3,(H,23,26)(H,24,25)/t19-/m1/s1. The van der Waals surface area contributed by atoms with Gasteiger partial charge in [-0.05, 0) is 49.1 Å². The van der Waals surface area contributed by atoms with Crippen LogP contribution in [0.3, 0.4) is 0 Å². The van der Waals surface area contributed by atoms with E-state index in [-0.39, 0.29) is 17.7 Å². The normalized spacial score (nSPS) is 11.9. The van der Waals surface area contributed by atoms with Crippen molar-refractivity contribution >= 4 is 23.4 Å². The van der Waals surface area contributed by atoms with Crippen LogP contribution >= 0.6 is 11.6 Å². The first-order chi connectivity index (χ1) is 12.4. The summed E-state index contributed by atoms with van der Waals surface area (Å²) in [6.45, 7) is 6.27. The van der Waals surface area contributed by atoms with E-state index in [4.69, 9.17) is 11.6 Å². The van der Waals surface area contributed by atoms with Crippen molar-refractivity contribution in [2.75, 3.05) is 6.54 Å². The minimum atomic E-state index is -0.576. The molecule has 138 valence electrons. The van der Waals surface area contributed by atoms with Gasteiger partial charge in [0, 0.05) is 17.1 Å². The van der Waals surface area contributed by atoms with Crippen molar-refractivity contribution in [2.24, 2.45) is 5.92 Å². The third-order valence-corrected chi connectivity index (χ3v) is 4.39. The van der Waals surface area contributed by atoms with E-state index in [1.165, 1.54) is 0 Å². The van der Waals surface area contributed by atoms with E-state index in [9.17, 15) is 9.59 Å². The lowest BCUT2D eigenvalue weighted by Crippen LogP contribution is -2.50. The predicted octanol–water partition coefficient (Wildman–Crippen LogP) is 3.76.